The Morgan fingerprint density at radius 2 is 2.10 bits per heavy atom. The van der Waals surface area contributed by atoms with Gasteiger partial charge in [-0.1, -0.05) is 13.0 Å². The summed E-state index contributed by atoms with van der Waals surface area (Å²) in [6, 6.07) is 2.40. The van der Waals surface area contributed by atoms with Crippen LogP contribution in [0.25, 0.3) is 0 Å². The summed E-state index contributed by atoms with van der Waals surface area (Å²) in [5, 5.41) is 31.3. The average molecular weight is 282 g/mol. The molecule has 1 aromatic carbocycles. The van der Waals surface area contributed by atoms with Gasteiger partial charge < -0.3 is 15.5 Å². The van der Waals surface area contributed by atoms with Crippen LogP contribution in [-0.4, -0.2) is 33.1 Å². The zero-order valence-electron chi connectivity index (χ0n) is 10.7. The van der Waals surface area contributed by atoms with Crippen LogP contribution in [0.5, 0.6) is 5.75 Å². The van der Waals surface area contributed by atoms with Crippen molar-refractivity contribution in [1.82, 2.24) is 5.32 Å². The Morgan fingerprint density at radius 1 is 1.45 bits per heavy atom. The van der Waals surface area contributed by atoms with E-state index >= 15 is 0 Å². The zero-order chi connectivity index (χ0) is 15.3. The van der Waals surface area contributed by atoms with E-state index < -0.39 is 34.3 Å². The molecule has 0 bridgehead atoms. The summed E-state index contributed by atoms with van der Waals surface area (Å²) in [6.45, 7) is 1.58. The van der Waals surface area contributed by atoms with Crippen LogP contribution < -0.4 is 5.32 Å². The topological polar surface area (TPSA) is 130 Å². The minimum atomic E-state index is -1.23. The van der Waals surface area contributed by atoms with E-state index in [4.69, 9.17) is 5.11 Å². The van der Waals surface area contributed by atoms with Crippen LogP contribution in [0.3, 0.4) is 0 Å². The third-order valence-electron chi connectivity index (χ3n) is 2.63. The molecule has 0 aliphatic carbocycles. The van der Waals surface area contributed by atoms with E-state index in [2.05, 4.69) is 5.32 Å². The SMILES string of the molecule is CCC(=O)N[C@@H](Cc1ccc(O)c([N+](=O)[O-])c1)C(=O)O. The second-order valence-corrected chi connectivity index (χ2v) is 4.10. The molecule has 1 aromatic rings. The number of aliphatic carboxylic acids is 1. The monoisotopic (exact) mass is 282 g/mol. The standard InChI is InChI=1S/C12H14N2O6/c1-2-11(16)13-8(12(17)18)5-7-3-4-10(15)9(6-7)14(19)20/h3-4,6,8,15H,2,5H2,1H3,(H,13,16)(H,17,18)/t8-/m0/s1. The molecule has 1 rings (SSSR count). The van der Waals surface area contributed by atoms with Gasteiger partial charge in [-0.2, -0.15) is 0 Å². The van der Waals surface area contributed by atoms with Crippen LogP contribution in [0.4, 0.5) is 5.69 Å². The number of rotatable bonds is 6. The van der Waals surface area contributed by atoms with Gasteiger partial charge in [0.05, 0.1) is 4.92 Å². The number of carbonyl (C=O) groups is 2. The van der Waals surface area contributed by atoms with Crippen molar-refractivity contribution in [1.29, 1.82) is 0 Å². The van der Waals surface area contributed by atoms with Gasteiger partial charge in [0.25, 0.3) is 0 Å². The van der Waals surface area contributed by atoms with Gasteiger partial charge in [0, 0.05) is 18.9 Å². The number of nitrogens with one attached hydrogen (secondary N) is 1. The summed E-state index contributed by atoms with van der Waals surface area (Å²) in [6.07, 6.45) is 0.0295. The molecule has 0 unspecified atom stereocenters. The lowest BCUT2D eigenvalue weighted by molar-refractivity contribution is -0.385. The normalized spacial score (nSPS) is 11.7. The van der Waals surface area contributed by atoms with E-state index in [0.29, 0.717) is 5.56 Å². The lowest BCUT2D eigenvalue weighted by Gasteiger charge is -2.14. The van der Waals surface area contributed by atoms with Crippen molar-refractivity contribution in [3.63, 3.8) is 0 Å². The summed E-state index contributed by atoms with van der Waals surface area (Å²) in [7, 11) is 0. The molecule has 0 heterocycles. The highest BCUT2D eigenvalue weighted by atomic mass is 16.6. The smallest absolute Gasteiger partial charge is 0.326 e. The van der Waals surface area contributed by atoms with Crippen molar-refractivity contribution in [2.45, 2.75) is 25.8 Å². The van der Waals surface area contributed by atoms with Crippen molar-refractivity contribution in [3.05, 3.63) is 33.9 Å². The van der Waals surface area contributed by atoms with Gasteiger partial charge in [-0.05, 0) is 11.6 Å². The van der Waals surface area contributed by atoms with E-state index in [0.717, 1.165) is 12.1 Å². The average Bonchev–Trinajstić information content (AvgIpc) is 2.39. The molecule has 0 aromatic heterocycles. The van der Waals surface area contributed by atoms with Crippen LogP contribution in [0.15, 0.2) is 18.2 Å². The number of carboxylic acids is 1. The molecule has 108 valence electrons. The van der Waals surface area contributed by atoms with Crippen molar-refractivity contribution in [2.75, 3.05) is 0 Å². The third kappa shape index (κ3) is 3.94. The predicted octanol–water partition coefficient (Wildman–Crippen LogP) is 0.822. The largest absolute Gasteiger partial charge is 0.502 e. The van der Waals surface area contributed by atoms with Crippen molar-refractivity contribution >= 4 is 17.6 Å². The van der Waals surface area contributed by atoms with Crippen molar-refractivity contribution < 1.29 is 24.7 Å². The molecule has 8 nitrogen and oxygen atoms in total. The summed E-state index contributed by atoms with van der Waals surface area (Å²) >= 11 is 0. The first-order valence-electron chi connectivity index (χ1n) is 5.83. The molecule has 0 radical (unpaired) electrons. The fourth-order valence-corrected chi connectivity index (χ4v) is 1.57. The second kappa shape index (κ2) is 6.50. The molecule has 0 aliphatic heterocycles. The first-order chi connectivity index (χ1) is 9.35. The molecule has 3 N–H and O–H groups in total. The van der Waals surface area contributed by atoms with E-state index in [1.165, 1.54) is 6.07 Å². The lowest BCUT2D eigenvalue weighted by atomic mass is 10.0. The van der Waals surface area contributed by atoms with Crippen molar-refractivity contribution in [3.8, 4) is 5.75 Å². The molecular weight excluding hydrogens is 268 g/mol. The van der Waals surface area contributed by atoms with Gasteiger partial charge >= 0.3 is 11.7 Å². The Bertz CT molecular complexity index is 543. The zero-order valence-corrected chi connectivity index (χ0v) is 10.7. The molecule has 1 atom stereocenters. The maximum Gasteiger partial charge on any atom is 0.326 e. The minimum absolute atomic E-state index is 0.109. The van der Waals surface area contributed by atoms with Crippen LogP contribution in [-0.2, 0) is 16.0 Å². The van der Waals surface area contributed by atoms with Crippen LogP contribution in [0.1, 0.15) is 18.9 Å². The summed E-state index contributed by atoms with van der Waals surface area (Å²) in [4.78, 5) is 32.2. The summed E-state index contributed by atoms with van der Waals surface area (Å²) in [5.41, 5.74) is -0.174. The first kappa shape index (κ1) is 15.4. The quantitative estimate of drug-likeness (QED) is 0.523. The lowest BCUT2D eigenvalue weighted by Crippen LogP contribution is -2.42. The molecule has 8 heteroatoms. The highest BCUT2D eigenvalue weighted by molar-refractivity contribution is 5.83. The number of nitro groups is 1. The van der Waals surface area contributed by atoms with Gasteiger partial charge in [0.15, 0.2) is 5.75 Å². The van der Waals surface area contributed by atoms with Gasteiger partial charge in [-0.15, -0.1) is 0 Å². The van der Waals surface area contributed by atoms with Crippen molar-refractivity contribution in [2.24, 2.45) is 0 Å². The molecule has 0 aliphatic rings. The molecule has 0 saturated heterocycles. The Labute approximate surface area is 114 Å². The Hall–Kier alpha value is -2.64. The fourth-order valence-electron chi connectivity index (χ4n) is 1.57. The number of aromatic hydroxyl groups is 1. The van der Waals surface area contributed by atoms with Crippen LogP contribution in [0, 0.1) is 10.1 Å². The molecule has 0 saturated carbocycles. The Morgan fingerprint density at radius 3 is 2.60 bits per heavy atom. The number of carboxylic acid groups (broad SMARTS) is 1. The maximum atomic E-state index is 11.2. The summed E-state index contributed by atoms with van der Waals surface area (Å²) < 4.78 is 0. The van der Waals surface area contributed by atoms with Gasteiger partial charge in [-0.25, -0.2) is 4.79 Å². The van der Waals surface area contributed by atoms with E-state index in [9.17, 15) is 24.8 Å². The molecule has 0 spiro atoms. The number of benzene rings is 1. The first-order valence-corrected chi connectivity index (χ1v) is 5.83. The number of amides is 1. The number of phenolic OH excluding ortho intramolecular Hbond substituents is 1. The molecular formula is C12H14N2O6. The van der Waals surface area contributed by atoms with Gasteiger partial charge in [0.2, 0.25) is 5.91 Å². The number of carbonyl (C=O) groups excluding carboxylic acids is 1. The fraction of sp³-hybridized carbons (Fsp3) is 0.333. The predicted molar refractivity (Wildman–Crippen MR) is 68.3 cm³/mol. The molecule has 1 amide bonds. The molecule has 0 fully saturated rings. The highest BCUT2D eigenvalue weighted by Gasteiger charge is 2.21. The van der Waals surface area contributed by atoms with Crippen LogP contribution >= 0.6 is 0 Å². The van der Waals surface area contributed by atoms with E-state index in [1.807, 2.05) is 0 Å². The van der Waals surface area contributed by atoms with Gasteiger partial charge in [0.1, 0.15) is 6.04 Å². The molecule has 20 heavy (non-hydrogen) atoms. The number of phenols is 1. The maximum absolute atomic E-state index is 11.2. The van der Waals surface area contributed by atoms with E-state index in [1.54, 1.807) is 6.92 Å². The Balaban J connectivity index is 2.94. The number of hydrogen-bond acceptors (Lipinski definition) is 5. The third-order valence-corrected chi connectivity index (χ3v) is 2.63. The number of hydrogen-bond donors (Lipinski definition) is 3. The van der Waals surface area contributed by atoms with Crippen LogP contribution in [0.2, 0.25) is 0 Å². The number of nitro benzene ring substituents is 1. The van der Waals surface area contributed by atoms with Gasteiger partial charge in [-0.3, -0.25) is 14.9 Å². The Kier molecular flexibility index (Phi) is 5.01. The minimum Gasteiger partial charge on any atom is -0.502 e. The second-order valence-electron chi connectivity index (χ2n) is 4.10. The summed E-state index contributed by atoms with van der Waals surface area (Å²) in [5.74, 6) is -2.16. The number of nitrogens with zero attached hydrogens (tertiary/aromatic N) is 1. The van der Waals surface area contributed by atoms with E-state index in [-0.39, 0.29) is 12.8 Å². The highest BCUT2D eigenvalue weighted by Crippen LogP contribution is 2.26.